The van der Waals surface area contributed by atoms with Gasteiger partial charge in [-0.2, -0.15) is 5.26 Å². The van der Waals surface area contributed by atoms with Crippen molar-refractivity contribution < 1.29 is 4.74 Å². The van der Waals surface area contributed by atoms with Crippen molar-refractivity contribution in [2.24, 2.45) is 0 Å². The first-order valence-electron chi connectivity index (χ1n) is 5.56. The maximum atomic E-state index is 8.73. The fraction of sp³-hybridized carbons (Fsp3) is 0.133. The fourth-order valence-corrected chi connectivity index (χ4v) is 1.73. The average molecular weight is 258 g/mol. The van der Waals surface area contributed by atoms with Gasteiger partial charge >= 0.3 is 0 Å². The van der Waals surface area contributed by atoms with Gasteiger partial charge in [-0.25, -0.2) is 0 Å². The van der Waals surface area contributed by atoms with E-state index < -0.39 is 0 Å². The molecule has 0 aromatic heterocycles. The van der Waals surface area contributed by atoms with Gasteiger partial charge in [-0.15, -0.1) is 11.6 Å². The summed E-state index contributed by atoms with van der Waals surface area (Å²) in [5.41, 5.74) is 2.69. The molecule has 0 saturated heterocycles. The van der Waals surface area contributed by atoms with Crippen molar-refractivity contribution in [3.63, 3.8) is 0 Å². The van der Waals surface area contributed by atoms with Crippen molar-refractivity contribution >= 4 is 11.6 Å². The monoisotopic (exact) mass is 257 g/mol. The van der Waals surface area contributed by atoms with E-state index in [2.05, 4.69) is 6.07 Å². The normalized spacial score (nSPS) is 9.83. The van der Waals surface area contributed by atoms with E-state index in [0.717, 1.165) is 16.9 Å². The minimum atomic E-state index is 0.462. The third kappa shape index (κ3) is 2.82. The summed E-state index contributed by atoms with van der Waals surface area (Å²) < 4.78 is 5.78. The second-order valence-electron chi connectivity index (χ2n) is 3.97. The van der Waals surface area contributed by atoms with E-state index in [9.17, 15) is 0 Å². The Balaban J connectivity index is 2.25. The lowest BCUT2D eigenvalue weighted by Gasteiger charge is -2.09. The number of nitrogens with zero attached hydrogens (tertiary/aromatic N) is 1. The molecule has 0 spiro atoms. The van der Waals surface area contributed by atoms with Crippen LogP contribution in [-0.2, 0) is 5.88 Å². The van der Waals surface area contributed by atoms with Gasteiger partial charge in [0.25, 0.3) is 0 Å². The van der Waals surface area contributed by atoms with Gasteiger partial charge in [0.2, 0.25) is 0 Å². The lowest BCUT2D eigenvalue weighted by molar-refractivity contribution is 0.478. The number of benzene rings is 2. The summed E-state index contributed by atoms with van der Waals surface area (Å²) in [6.45, 7) is 1.98. The van der Waals surface area contributed by atoms with Crippen molar-refractivity contribution in [1.82, 2.24) is 0 Å². The molecule has 0 aliphatic carbocycles. The number of hydrogen-bond acceptors (Lipinski definition) is 2. The first kappa shape index (κ1) is 12.5. The van der Waals surface area contributed by atoms with E-state index in [1.54, 1.807) is 24.3 Å². The Morgan fingerprint density at radius 1 is 1.17 bits per heavy atom. The minimum absolute atomic E-state index is 0.462. The summed E-state index contributed by atoms with van der Waals surface area (Å²) >= 11 is 5.80. The zero-order valence-corrected chi connectivity index (χ0v) is 10.7. The quantitative estimate of drug-likeness (QED) is 0.764. The lowest BCUT2D eigenvalue weighted by Crippen LogP contribution is -1.89. The Morgan fingerprint density at radius 2 is 1.89 bits per heavy atom. The molecule has 2 aromatic rings. The molecule has 0 unspecified atom stereocenters. The molecule has 0 bridgehead atoms. The summed E-state index contributed by atoms with van der Waals surface area (Å²) in [5.74, 6) is 1.96. The largest absolute Gasteiger partial charge is 0.457 e. The molecule has 0 radical (unpaired) electrons. The Kier molecular flexibility index (Phi) is 3.86. The van der Waals surface area contributed by atoms with Crippen LogP contribution in [0.3, 0.4) is 0 Å². The van der Waals surface area contributed by atoms with E-state index in [1.165, 1.54) is 0 Å². The van der Waals surface area contributed by atoms with Crippen molar-refractivity contribution in [1.29, 1.82) is 5.26 Å². The number of hydrogen-bond donors (Lipinski definition) is 0. The van der Waals surface area contributed by atoms with Gasteiger partial charge in [-0.05, 0) is 48.4 Å². The molecule has 0 fully saturated rings. The standard InChI is InChI=1S/C15H12ClNO/c1-11-2-3-13(9-16)8-15(11)18-14-6-4-12(10-17)5-7-14/h2-8H,9H2,1H3. The van der Waals surface area contributed by atoms with Crippen LogP contribution in [0, 0.1) is 18.3 Å². The first-order valence-corrected chi connectivity index (χ1v) is 6.10. The highest BCUT2D eigenvalue weighted by Crippen LogP contribution is 2.26. The molecule has 0 N–H and O–H groups in total. The molecule has 90 valence electrons. The molecule has 3 heteroatoms. The molecule has 2 nitrogen and oxygen atoms in total. The molecular formula is C15H12ClNO. The van der Waals surface area contributed by atoms with E-state index in [-0.39, 0.29) is 0 Å². The van der Waals surface area contributed by atoms with E-state index >= 15 is 0 Å². The molecule has 2 rings (SSSR count). The Hall–Kier alpha value is -1.98. The summed E-state index contributed by atoms with van der Waals surface area (Å²) in [7, 11) is 0. The highest BCUT2D eigenvalue weighted by Gasteiger charge is 2.03. The average Bonchev–Trinajstić information content (AvgIpc) is 2.42. The molecule has 0 saturated carbocycles. The number of aryl methyl sites for hydroxylation is 1. The van der Waals surface area contributed by atoms with Crippen LogP contribution < -0.4 is 4.74 Å². The highest BCUT2D eigenvalue weighted by atomic mass is 35.5. The van der Waals surface area contributed by atoms with E-state index in [0.29, 0.717) is 17.2 Å². The molecule has 2 aromatic carbocycles. The van der Waals surface area contributed by atoms with Crippen LogP contribution in [0.15, 0.2) is 42.5 Å². The molecule has 0 aliphatic heterocycles. The number of ether oxygens (including phenoxy) is 1. The van der Waals surface area contributed by atoms with Crippen molar-refractivity contribution in [3.8, 4) is 17.6 Å². The van der Waals surface area contributed by atoms with Gasteiger partial charge in [0.1, 0.15) is 11.5 Å². The summed E-state index contributed by atoms with van der Waals surface area (Å²) in [5, 5.41) is 8.73. The predicted molar refractivity (Wildman–Crippen MR) is 72.0 cm³/mol. The topological polar surface area (TPSA) is 33.0 Å². The second-order valence-corrected chi connectivity index (χ2v) is 4.24. The van der Waals surface area contributed by atoms with Gasteiger partial charge < -0.3 is 4.74 Å². The van der Waals surface area contributed by atoms with Gasteiger partial charge in [-0.3, -0.25) is 0 Å². The van der Waals surface area contributed by atoms with Crippen LogP contribution in [0.2, 0.25) is 0 Å². The second kappa shape index (κ2) is 5.57. The zero-order chi connectivity index (χ0) is 13.0. The van der Waals surface area contributed by atoms with Crippen molar-refractivity contribution in [2.75, 3.05) is 0 Å². The van der Waals surface area contributed by atoms with Gasteiger partial charge in [0.05, 0.1) is 11.6 Å². The van der Waals surface area contributed by atoms with Crippen LogP contribution in [-0.4, -0.2) is 0 Å². The number of alkyl halides is 1. The first-order chi connectivity index (χ1) is 8.72. The predicted octanol–water partition coefficient (Wildman–Crippen LogP) is 4.40. The van der Waals surface area contributed by atoms with Crippen molar-refractivity contribution in [2.45, 2.75) is 12.8 Å². The molecule has 0 heterocycles. The Labute approximate surface area is 111 Å². The third-order valence-electron chi connectivity index (χ3n) is 2.62. The molecule has 0 atom stereocenters. The van der Waals surface area contributed by atoms with Crippen LogP contribution in [0.25, 0.3) is 0 Å². The number of nitriles is 1. The summed E-state index contributed by atoms with van der Waals surface area (Å²) in [6, 6.07) is 15.0. The van der Waals surface area contributed by atoms with Crippen LogP contribution in [0.1, 0.15) is 16.7 Å². The SMILES string of the molecule is Cc1ccc(CCl)cc1Oc1ccc(C#N)cc1. The van der Waals surface area contributed by atoms with Crippen LogP contribution >= 0.6 is 11.6 Å². The van der Waals surface area contributed by atoms with Gasteiger partial charge in [-0.1, -0.05) is 12.1 Å². The molecule has 18 heavy (non-hydrogen) atoms. The zero-order valence-electron chi connectivity index (χ0n) is 9.98. The molecular weight excluding hydrogens is 246 g/mol. The number of rotatable bonds is 3. The third-order valence-corrected chi connectivity index (χ3v) is 2.93. The summed E-state index contributed by atoms with van der Waals surface area (Å²) in [4.78, 5) is 0. The van der Waals surface area contributed by atoms with Crippen LogP contribution in [0.5, 0.6) is 11.5 Å². The summed E-state index contributed by atoms with van der Waals surface area (Å²) in [6.07, 6.45) is 0. The van der Waals surface area contributed by atoms with Gasteiger partial charge in [0.15, 0.2) is 0 Å². The van der Waals surface area contributed by atoms with Crippen LogP contribution in [0.4, 0.5) is 0 Å². The number of halogens is 1. The van der Waals surface area contributed by atoms with E-state index in [1.807, 2.05) is 25.1 Å². The minimum Gasteiger partial charge on any atom is -0.457 e. The molecule has 0 aliphatic rings. The fourth-order valence-electron chi connectivity index (χ4n) is 1.56. The maximum Gasteiger partial charge on any atom is 0.130 e. The maximum absolute atomic E-state index is 8.73. The van der Waals surface area contributed by atoms with Gasteiger partial charge in [0, 0.05) is 5.88 Å². The van der Waals surface area contributed by atoms with E-state index in [4.69, 9.17) is 21.6 Å². The molecule has 0 amide bonds. The lowest BCUT2D eigenvalue weighted by atomic mass is 10.1. The highest BCUT2D eigenvalue weighted by molar-refractivity contribution is 6.17. The van der Waals surface area contributed by atoms with Crippen molar-refractivity contribution in [3.05, 3.63) is 59.2 Å². The Morgan fingerprint density at radius 3 is 2.50 bits per heavy atom. The smallest absolute Gasteiger partial charge is 0.130 e. The Bertz CT molecular complexity index is 584.